The van der Waals surface area contributed by atoms with Gasteiger partial charge in [0.25, 0.3) is 0 Å². The summed E-state index contributed by atoms with van der Waals surface area (Å²) in [5.74, 6) is -0.0195. The lowest BCUT2D eigenvalue weighted by Crippen LogP contribution is -2.40. The summed E-state index contributed by atoms with van der Waals surface area (Å²) >= 11 is 0. The van der Waals surface area contributed by atoms with Gasteiger partial charge in [-0.25, -0.2) is 0 Å². The van der Waals surface area contributed by atoms with Gasteiger partial charge >= 0.3 is 0 Å². The van der Waals surface area contributed by atoms with E-state index in [1.165, 1.54) is 0 Å². The minimum atomic E-state index is -0.0195. The van der Waals surface area contributed by atoms with E-state index in [1.807, 2.05) is 44.2 Å². The second-order valence-corrected chi connectivity index (χ2v) is 4.47. The predicted octanol–water partition coefficient (Wildman–Crippen LogP) is 1.76. The van der Waals surface area contributed by atoms with Crippen molar-refractivity contribution in [2.45, 2.75) is 38.8 Å². The Labute approximate surface area is 108 Å². The second-order valence-electron chi connectivity index (χ2n) is 4.47. The molecular formula is C14H22N2O2. The molecule has 4 nitrogen and oxygen atoms in total. The third-order valence-corrected chi connectivity index (χ3v) is 2.78. The monoisotopic (exact) mass is 250 g/mol. The molecule has 0 spiro atoms. The van der Waals surface area contributed by atoms with Crippen molar-refractivity contribution in [3.8, 4) is 0 Å². The molecule has 0 radical (unpaired) electrons. The summed E-state index contributed by atoms with van der Waals surface area (Å²) in [6.07, 6.45) is 1.24. The lowest BCUT2D eigenvalue weighted by atomic mass is 10.1. The summed E-state index contributed by atoms with van der Waals surface area (Å²) in [7, 11) is 0. The Bertz CT molecular complexity index is 350. The van der Waals surface area contributed by atoms with E-state index in [-0.39, 0.29) is 24.6 Å². The largest absolute Gasteiger partial charge is 0.395 e. The lowest BCUT2D eigenvalue weighted by molar-refractivity contribution is -0.116. The molecule has 0 bridgehead atoms. The highest BCUT2D eigenvalue weighted by atomic mass is 16.3. The van der Waals surface area contributed by atoms with E-state index in [0.717, 1.165) is 12.1 Å². The summed E-state index contributed by atoms with van der Waals surface area (Å²) in [6, 6.07) is 9.51. The van der Waals surface area contributed by atoms with E-state index in [9.17, 15) is 4.79 Å². The number of para-hydroxylation sites is 1. The minimum absolute atomic E-state index is 0.0195. The highest BCUT2D eigenvalue weighted by molar-refractivity contribution is 5.90. The first-order valence-electron chi connectivity index (χ1n) is 6.37. The second kappa shape index (κ2) is 7.84. The van der Waals surface area contributed by atoms with Crippen molar-refractivity contribution in [1.82, 2.24) is 5.32 Å². The van der Waals surface area contributed by atoms with Gasteiger partial charge in [0.05, 0.1) is 6.61 Å². The summed E-state index contributed by atoms with van der Waals surface area (Å²) in [5, 5.41) is 15.1. The summed E-state index contributed by atoms with van der Waals surface area (Å²) < 4.78 is 0. The van der Waals surface area contributed by atoms with Crippen LogP contribution in [-0.2, 0) is 4.79 Å². The zero-order valence-electron chi connectivity index (χ0n) is 11.0. The van der Waals surface area contributed by atoms with Crippen molar-refractivity contribution < 1.29 is 9.90 Å². The fourth-order valence-corrected chi connectivity index (χ4v) is 1.77. The van der Waals surface area contributed by atoms with Crippen LogP contribution in [0, 0.1) is 0 Å². The number of aliphatic hydroxyl groups excluding tert-OH is 1. The molecule has 0 saturated carbocycles. The summed E-state index contributed by atoms with van der Waals surface area (Å²) in [6.45, 7) is 4.05. The van der Waals surface area contributed by atoms with Gasteiger partial charge in [-0.15, -0.1) is 0 Å². The fraction of sp³-hybridized carbons (Fsp3) is 0.500. The molecule has 2 atom stereocenters. The molecule has 3 N–H and O–H groups in total. The number of benzene rings is 1. The summed E-state index contributed by atoms with van der Waals surface area (Å²) in [4.78, 5) is 11.8. The highest BCUT2D eigenvalue weighted by Crippen LogP contribution is 2.06. The lowest BCUT2D eigenvalue weighted by Gasteiger charge is -2.20. The molecule has 0 aliphatic rings. The summed E-state index contributed by atoms with van der Waals surface area (Å²) in [5.41, 5.74) is 0.809. The average Bonchev–Trinajstić information content (AvgIpc) is 2.36. The van der Waals surface area contributed by atoms with E-state index >= 15 is 0 Å². The first kappa shape index (κ1) is 14.7. The standard InChI is InChI=1S/C14H22N2O2/c1-3-12(10-17)15-11(2)9-14(18)16-13-7-5-4-6-8-13/h4-8,11-12,15,17H,3,9-10H2,1-2H3,(H,16,18)/t11?,12-/m0/s1. The van der Waals surface area contributed by atoms with Crippen LogP contribution < -0.4 is 10.6 Å². The van der Waals surface area contributed by atoms with Gasteiger partial charge in [-0.1, -0.05) is 25.1 Å². The van der Waals surface area contributed by atoms with E-state index in [0.29, 0.717) is 6.42 Å². The zero-order chi connectivity index (χ0) is 13.4. The van der Waals surface area contributed by atoms with Crippen LogP contribution in [0.25, 0.3) is 0 Å². The number of carbonyl (C=O) groups is 1. The first-order chi connectivity index (χ1) is 8.65. The number of nitrogens with one attached hydrogen (secondary N) is 2. The number of hydrogen-bond donors (Lipinski definition) is 3. The molecule has 1 rings (SSSR count). The van der Waals surface area contributed by atoms with Crippen LogP contribution in [0.2, 0.25) is 0 Å². The molecule has 100 valence electrons. The van der Waals surface area contributed by atoms with Gasteiger partial charge in [-0.2, -0.15) is 0 Å². The van der Waals surface area contributed by atoms with E-state index in [2.05, 4.69) is 10.6 Å². The Morgan fingerprint density at radius 2 is 2.00 bits per heavy atom. The maximum Gasteiger partial charge on any atom is 0.225 e. The number of hydrogen-bond acceptors (Lipinski definition) is 3. The van der Waals surface area contributed by atoms with Crippen LogP contribution in [0.1, 0.15) is 26.7 Å². The van der Waals surface area contributed by atoms with Crippen LogP contribution >= 0.6 is 0 Å². The van der Waals surface area contributed by atoms with Crippen molar-refractivity contribution in [3.63, 3.8) is 0 Å². The molecule has 0 saturated heterocycles. The predicted molar refractivity (Wildman–Crippen MR) is 73.5 cm³/mol. The Balaban J connectivity index is 2.36. The third kappa shape index (κ3) is 5.29. The zero-order valence-corrected chi connectivity index (χ0v) is 11.0. The fourth-order valence-electron chi connectivity index (χ4n) is 1.77. The first-order valence-corrected chi connectivity index (χ1v) is 6.37. The van der Waals surface area contributed by atoms with Crippen LogP contribution in [0.15, 0.2) is 30.3 Å². The quantitative estimate of drug-likeness (QED) is 0.691. The molecule has 1 aromatic carbocycles. The van der Waals surface area contributed by atoms with Crippen molar-refractivity contribution in [2.75, 3.05) is 11.9 Å². The molecule has 1 aromatic rings. The molecule has 0 heterocycles. The van der Waals surface area contributed by atoms with Gasteiger partial charge in [0.2, 0.25) is 5.91 Å². The van der Waals surface area contributed by atoms with E-state index < -0.39 is 0 Å². The SMILES string of the molecule is CC[C@@H](CO)NC(C)CC(=O)Nc1ccccc1. The normalized spacial score (nSPS) is 13.9. The Morgan fingerprint density at radius 3 is 2.56 bits per heavy atom. The van der Waals surface area contributed by atoms with Gasteiger partial charge in [-0.3, -0.25) is 4.79 Å². The van der Waals surface area contributed by atoms with Gasteiger partial charge in [0.15, 0.2) is 0 Å². The Hall–Kier alpha value is -1.39. The van der Waals surface area contributed by atoms with Gasteiger partial charge in [-0.05, 0) is 25.5 Å². The molecule has 0 fully saturated rings. The molecular weight excluding hydrogens is 228 g/mol. The maximum absolute atomic E-state index is 11.8. The van der Waals surface area contributed by atoms with Crippen molar-refractivity contribution in [3.05, 3.63) is 30.3 Å². The molecule has 0 aromatic heterocycles. The molecule has 18 heavy (non-hydrogen) atoms. The molecule has 1 unspecified atom stereocenters. The Morgan fingerprint density at radius 1 is 1.33 bits per heavy atom. The molecule has 0 aliphatic heterocycles. The van der Waals surface area contributed by atoms with Crippen molar-refractivity contribution in [2.24, 2.45) is 0 Å². The van der Waals surface area contributed by atoms with Crippen molar-refractivity contribution in [1.29, 1.82) is 0 Å². The highest BCUT2D eigenvalue weighted by Gasteiger charge is 2.12. The Kier molecular flexibility index (Phi) is 6.39. The van der Waals surface area contributed by atoms with E-state index in [4.69, 9.17) is 5.11 Å². The van der Waals surface area contributed by atoms with Crippen LogP contribution in [0.5, 0.6) is 0 Å². The van der Waals surface area contributed by atoms with Crippen molar-refractivity contribution >= 4 is 11.6 Å². The number of carbonyl (C=O) groups excluding carboxylic acids is 1. The van der Waals surface area contributed by atoms with Crippen LogP contribution in [-0.4, -0.2) is 29.7 Å². The maximum atomic E-state index is 11.8. The number of anilines is 1. The third-order valence-electron chi connectivity index (χ3n) is 2.78. The van der Waals surface area contributed by atoms with Crippen LogP contribution in [0.3, 0.4) is 0 Å². The molecule has 1 amide bonds. The molecule has 4 heteroatoms. The van der Waals surface area contributed by atoms with E-state index in [1.54, 1.807) is 0 Å². The number of rotatable bonds is 7. The minimum Gasteiger partial charge on any atom is -0.395 e. The topological polar surface area (TPSA) is 61.4 Å². The van der Waals surface area contributed by atoms with Gasteiger partial charge in [0.1, 0.15) is 0 Å². The molecule has 0 aliphatic carbocycles. The van der Waals surface area contributed by atoms with Crippen LogP contribution in [0.4, 0.5) is 5.69 Å². The van der Waals surface area contributed by atoms with Gasteiger partial charge < -0.3 is 15.7 Å². The number of aliphatic hydroxyl groups is 1. The average molecular weight is 250 g/mol. The van der Waals surface area contributed by atoms with Gasteiger partial charge in [0, 0.05) is 24.2 Å². The number of amides is 1. The smallest absolute Gasteiger partial charge is 0.225 e.